The molecule has 4 rings (SSSR count). The van der Waals surface area contributed by atoms with E-state index in [1.165, 1.54) is 5.69 Å². The number of piperidine rings is 1. The fourth-order valence-electron chi connectivity index (χ4n) is 4.18. The molecule has 0 radical (unpaired) electrons. The number of methoxy groups -OCH3 is 1. The number of carbonyl (C=O) groups excluding carboxylic acids is 1. The average Bonchev–Trinajstić information content (AvgIpc) is 3.11. The number of urea groups is 1. The Labute approximate surface area is 189 Å². The Kier molecular flexibility index (Phi) is 6.63. The summed E-state index contributed by atoms with van der Waals surface area (Å²) in [6.45, 7) is 6.55. The first kappa shape index (κ1) is 21.7. The molecule has 0 aliphatic carbocycles. The van der Waals surface area contributed by atoms with Crippen molar-refractivity contribution >= 4 is 17.4 Å². The molecule has 1 fully saturated rings. The Morgan fingerprint density at radius 3 is 2.50 bits per heavy atom. The zero-order chi connectivity index (χ0) is 22.5. The van der Waals surface area contributed by atoms with Gasteiger partial charge in [-0.3, -0.25) is 4.68 Å². The number of rotatable bonds is 6. The minimum Gasteiger partial charge on any atom is -0.497 e. The molecule has 7 nitrogen and oxygen atoms in total. The van der Waals surface area contributed by atoms with Crippen LogP contribution < -0.4 is 20.3 Å². The van der Waals surface area contributed by atoms with Gasteiger partial charge in [0, 0.05) is 36.2 Å². The summed E-state index contributed by atoms with van der Waals surface area (Å²) in [6.07, 6.45) is 1.83. The molecule has 32 heavy (non-hydrogen) atoms. The van der Waals surface area contributed by atoms with Crippen molar-refractivity contribution in [3.63, 3.8) is 0 Å². The van der Waals surface area contributed by atoms with E-state index < -0.39 is 0 Å². The molecule has 168 valence electrons. The highest BCUT2D eigenvalue weighted by molar-refractivity contribution is 5.89. The molecular formula is C25H31N5O2. The zero-order valence-corrected chi connectivity index (χ0v) is 19.0. The number of hydrogen-bond donors (Lipinski definition) is 2. The van der Waals surface area contributed by atoms with Gasteiger partial charge in [-0.25, -0.2) is 4.79 Å². The second-order valence-electron chi connectivity index (χ2n) is 8.34. The Morgan fingerprint density at radius 1 is 1.09 bits per heavy atom. The number of aromatic nitrogens is 2. The van der Waals surface area contributed by atoms with Gasteiger partial charge in [0.15, 0.2) is 0 Å². The molecule has 0 spiro atoms. The molecule has 1 aromatic heterocycles. The maximum atomic E-state index is 12.6. The van der Waals surface area contributed by atoms with Crippen LogP contribution in [-0.4, -0.2) is 42.1 Å². The Bertz CT molecular complexity index is 1050. The predicted octanol–water partition coefficient (Wildman–Crippen LogP) is 4.35. The maximum Gasteiger partial charge on any atom is 0.319 e. The average molecular weight is 434 g/mol. The van der Waals surface area contributed by atoms with E-state index in [2.05, 4.69) is 51.8 Å². The van der Waals surface area contributed by atoms with Crippen molar-refractivity contribution in [3.05, 3.63) is 71.5 Å². The first-order valence-electron chi connectivity index (χ1n) is 11.1. The minimum atomic E-state index is -0.156. The van der Waals surface area contributed by atoms with Gasteiger partial charge in [-0.15, -0.1) is 0 Å². The minimum absolute atomic E-state index is 0.156. The van der Waals surface area contributed by atoms with Gasteiger partial charge >= 0.3 is 6.03 Å². The molecule has 0 saturated carbocycles. The van der Waals surface area contributed by atoms with Crippen molar-refractivity contribution in [1.82, 2.24) is 15.1 Å². The third-order valence-electron chi connectivity index (χ3n) is 5.89. The quantitative estimate of drug-likeness (QED) is 0.606. The lowest BCUT2D eigenvalue weighted by atomic mass is 10.0. The summed E-state index contributed by atoms with van der Waals surface area (Å²) in [5, 5.41) is 10.6. The molecule has 1 aliphatic rings. The molecule has 2 aromatic carbocycles. The van der Waals surface area contributed by atoms with Crippen LogP contribution in [-0.2, 0) is 6.54 Å². The van der Waals surface area contributed by atoms with E-state index >= 15 is 0 Å². The van der Waals surface area contributed by atoms with E-state index in [0.717, 1.165) is 54.3 Å². The van der Waals surface area contributed by atoms with Crippen LogP contribution in [0.4, 0.5) is 16.2 Å². The number of anilines is 2. The van der Waals surface area contributed by atoms with Crippen LogP contribution in [0.2, 0.25) is 0 Å². The zero-order valence-electron chi connectivity index (χ0n) is 19.0. The van der Waals surface area contributed by atoms with E-state index in [1.807, 2.05) is 41.9 Å². The topological polar surface area (TPSA) is 71.4 Å². The van der Waals surface area contributed by atoms with E-state index in [4.69, 9.17) is 4.74 Å². The highest BCUT2D eigenvalue weighted by Gasteiger charge is 2.21. The lowest BCUT2D eigenvalue weighted by Gasteiger charge is -2.34. The van der Waals surface area contributed by atoms with Crippen molar-refractivity contribution in [2.75, 3.05) is 30.4 Å². The largest absolute Gasteiger partial charge is 0.497 e. The molecule has 2 heterocycles. The van der Waals surface area contributed by atoms with E-state index in [0.29, 0.717) is 6.54 Å². The van der Waals surface area contributed by atoms with Crippen LogP contribution in [0.1, 0.15) is 29.8 Å². The van der Waals surface area contributed by atoms with Crippen molar-refractivity contribution in [3.8, 4) is 5.75 Å². The summed E-state index contributed by atoms with van der Waals surface area (Å²) >= 11 is 0. The molecule has 0 atom stereocenters. The van der Waals surface area contributed by atoms with Crippen molar-refractivity contribution in [2.45, 2.75) is 39.3 Å². The molecule has 7 heteroatoms. The molecule has 0 bridgehead atoms. The number of ether oxygens (including phenoxy) is 1. The normalized spacial score (nSPS) is 14.3. The maximum absolute atomic E-state index is 12.6. The first-order chi connectivity index (χ1) is 15.5. The number of amides is 2. The van der Waals surface area contributed by atoms with Crippen molar-refractivity contribution < 1.29 is 9.53 Å². The van der Waals surface area contributed by atoms with E-state index in [-0.39, 0.29) is 12.1 Å². The third-order valence-corrected chi connectivity index (χ3v) is 5.89. The number of hydrogen-bond acceptors (Lipinski definition) is 4. The summed E-state index contributed by atoms with van der Waals surface area (Å²) in [4.78, 5) is 14.9. The van der Waals surface area contributed by atoms with Crippen molar-refractivity contribution in [1.29, 1.82) is 0 Å². The monoisotopic (exact) mass is 433 g/mol. The van der Waals surface area contributed by atoms with Crippen LogP contribution in [0.15, 0.2) is 54.6 Å². The van der Waals surface area contributed by atoms with Crippen LogP contribution in [0.3, 0.4) is 0 Å². The summed E-state index contributed by atoms with van der Waals surface area (Å²) in [7, 11) is 1.68. The Morgan fingerprint density at radius 2 is 1.84 bits per heavy atom. The van der Waals surface area contributed by atoms with Gasteiger partial charge in [-0.1, -0.05) is 12.1 Å². The molecule has 1 aliphatic heterocycles. The van der Waals surface area contributed by atoms with Crippen LogP contribution in [0.25, 0.3) is 0 Å². The second-order valence-corrected chi connectivity index (χ2v) is 8.34. The summed E-state index contributed by atoms with van der Waals surface area (Å²) in [5.41, 5.74) is 5.21. The smallest absolute Gasteiger partial charge is 0.319 e. The standard InChI is InChI=1S/C25H31N5O2/c1-18-15-19(2)30(28-18)17-20-5-4-6-22(16-20)27-25(31)26-21-11-13-29(14-12-21)23-7-9-24(32-3)10-8-23/h4-10,15-16,21H,11-14,17H2,1-3H3,(H2,26,27,31). The van der Waals surface area contributed by atoms with Gasteiger partial charge in [-0.2, -0.15) is 5.10 Å². The second kappa shape index (κ2) is 9.77. The molecule has 3 aromatic rings. The van der Waals surface area contributed by atoms with Gasteiger partial charge in [-0.05, 0) is 74.7 Å². The molecule has 2 N–H and O–H groups in total. The van der Waals surface area contributed by atoms with Crippen molar-refractivity contribution in [2.24, 2.45) is 0 Å². The summed E-state index contributed by atoms with van der Waals surface area (Å²) in [5.74, 6) is 0.862. The number of benzene rings is 2. The third kappa shape index (κ3) is 5.41. The lowest BCUT2D eigenvalue weighted by Crippen LogP contribution is -2.46. The summed E-state index contributed by atoms with van der Waals surface area (Å²) in [6, 6.07) is 18.1. The van der Waals surface area contributed by atoms with Gasteiger partial charge in [0.05, 0.1) is 19.3 Å². The highest BCUT2D eigenvalue weighted by atomic mass is 16.5. The van der Waals surface area contributed by atoms with Gasteiger partial charge < -0.3 is 20.3 Å². The Balaban J connectivity index is 1.27. The molecule has 0 unspecified atom stereocenters. The number of nitrogens with one attached hydrogen (secondary N) is 2. The number of aryl methyl sites for hydroxylation is 2. The van der Waals surface area contributed by atoms with E-state index in [1.54, 1.807) is 7.11 Å². The molecule has 2 amide bonds. The van der Waals surface area contributed by atoms with E-state index in [9.17, 15) is 4.79 Å². The SMILES string of the molecule is COc1ccc(N2CCC(NC(=O)Nc3cccc(Cn4nc(C)cc4C)c3)CC2)cc1. The Hall–Kier alpha value is -3.48. The highest BCUT2D eigenvalue weighted by Crippen LogP contribution is 2.23. The molecular weight excluding hydrogens is 402 g/mol. The van der Waals surface area contributed by atoms with Gasteiger partial charge in [0.2, 0.25) is 0 Å². The van der Waals surface area contributed by atoms with Gasteiger partial charge in [0.25, 0.3) is 0 Å². The predicted molar refractivity (Wildman–Crippen MR) is 128 cm³/mol. The number of carbonyl (C=O) groups is 1. The van der Waals surface area contributed by atoms with Crippen LogP contribution >= 0.6 is 0 Å². The molecule has 1 saturated heterocycles. The van der Waals surface area contributed by atoms with Crippen LogP contribution in [0.5, 0.6) is 5.75 Å². The summed E-state index contributed by atoms with van der Waals surface area (Å²) < 4.78 is 7.21. The fourth-order valence-corrected chi connectivity index (χ4v) is 4.18. The number of nitrogens with zero attached hydrogens (tertiary/aromatic N) is 3. The van der Waals surface area contributed by atoms with Crippen LogP contribution in [0, 0.1) is 13.8 Å². The lowest BCUT2D eigenvalue weighted by molar-refractivity contribution is 0.246. The van der Waals surface area contributed by atoms with Gasteiger partial charge in [0.1, 0.15) is 5.75 Å². The fraction of sp³-hybridized carbons (Fsp3) is 0.360. The first-order valence-corrected chi connectivity index (χ1v) is 11.1.